The van der Waals surface area contributed by atoms with E-state index in [4.69, 9.17) is 10.00 Å². The van der Waals surface area contributed by atoms with E-state index in [1.54, 1.807) is 0 Å². The zero-order chi connectivity index (χ0) is 11.4. The lowest BCUT2D eigenvalue weighted by Gasteiger charge is -2.05. The van der Waals surface area contributed by atoms with Crippen LogP contribution in [0, 0.1) is 17.1 Å². The van der Waals surface area contributed by atoms with E-state index in [0.717, 1.165) is 6.07 Å². The number of hydrogen-bond donors (Lipinski definition) is 0. The first-order valence-electron chi connectivity index (χ1n) is 4.00. The molecule has 0 saturated heterocycles. The number of carbonyl (C=O) groups is 1. The van der Waals surface area contributed by atoms with Crippen molar-refractivity contribution in [2.45, 2.75) is 0 Å². The number of alkyl halides is 1. The third-order valence-corrected chi connectivity index (χ3v) is 2.34. The van der Waals surface area contributed by atoms with Crippen LogP contribution < -0.4 is 4.74 Å². The highest BCUT2D eigenvalue weighted by molar-refractivity contribution is 9.09. The highest BCUT2D eigenvalue weighted by Crippen LogP contribution is 2.22. The molecule has 0 atom stereocenters. The number of halogens is 2. The number of nitriles is 1. The van der Waals surface area contributed by atoms with Gasteiger partial charge in [-0.15, -0.1) is 0 Å². The van der Waals surface area contributed by atoms with Gasteiger partial charge in [-0.25, -0.2) is 4.39 Å². The van der Waals surface area contributed by atoms with Crippen molar-refractivity contribution in [1.29, 1.82) is 5.26 Å². The van der Waals surface area contributed by atoms with Crippen molar-refractivity contribution in [3.05, 3.63) is 29.1 Å². The molecule has 0 aliphatic carbocycles. The zero-order valence-electron chi connectivity index (χ0n) is 7.88. The van der Waals surface area contributed by atoms with Crippen molar-refractivity contribution in [1.82, 2.24) is 0 Å². The second kappa shape index (κ2) is 4.89. The van der Waals surface area contributed by atoms with Crippen LogP contribution in [-0.2, 0) is 0 Å². The summed E-state index contributed by atoms with van der Waals surface area (Å²) in [5.74, 6) is -0.969. The van der Waals surface area contributed by atoms with E-state index in [9.17, 15) is 9.18 Å². The summed E-state index contributed by atoms with van der Waals surface area (Å²) in [7, 11) is 1.33. The van der Waals surface area contributed by atoms with Crippen LogP contribution >= 0.6 is 15.9 Å². The van der Waals surface area contributed by atoms with Gasteiger partial charge in [0.05, 0.1) is 23.6 Å². The van der Waals surface area contributed by atoms with Gasteiger partial charge < -0.3 is 4.74 Å². The molecule has 0 bridgehead atoms. The Morgan fingerprint density at radius 1 is 1.67 bits per heavy atom. The van der Waals surface area contributed by atoms with Crippen LogP contribution in [0.25, 0.3) is 0 Å². The van der Waals surface area contributed by atoms with E-state index in [1.807, 2.05) is 6.07 Å². The van der Waals surface area contributed by atoms with Crippen molar-refractivity contribution in [3.8, 4) is 11.8 Å². The van der Waals surface area contributed by atoms with Crippen LogP contribution in [0.5, 0.6) is 5.75 Å². The quantitative estimate of drug-likeness (QED) is 0.626. The molecule has 1 rings (SSSR count). The summed E-state index contributed by atoms with van der Waals surface area (Å²) in [6.07, 6.45) is 0. The highest BCUT2D eigenvalue weighted by Gasteiger charge is 2.15. The number of rotatable bonds is 3. The summed E-state index contributed by atoms with van der Waals surface area (Å²) in [6.45, 7) is 0. The van der Waals surface area contributed by atoms with Crippen LogP contribution in [0.3, 0.4) is 0 Å². The molecule has 1 aromatic rings. The Morgan fingerprint density at radius 3 is 2.80 bits per heavy atom. The Hall–Kier alpha value is -1.41. The number of nitrogens with zero attached hydrogens (tertiary/aromatic N) is 1. The average molecular weight is 272 g/mol. The van der Waals surface area contributed by atoms with Crippen LogP contribution in [0.2, 0.25) is 0 Å². The highest BCUT2D eigenvalue weighted by atomic mass is 79.9. The minimum atomic E-state index is -0.685. The Bertz CT molecular complexity index is 440. The third kappa shape index (κ3) is 2.34. The Kier molecular flexibility index (Phi) is 3.81. The first kappa shape index (κ1) is 11.7. The zero-order valence-corrected chi connectivity index (χ0v) is 9.47. The molecular formula is C10H7BrFNO2. The number of benzene rings is 1. The lowest BCUT2D eigenvalue weighted by Crippen LogP contribution is -2.05. The molecule has 0 radical (unpaired) electrons. The smallest absolute Gasteiger partial charge is 0.176 e. The SMILES string of the molecule is COc1cc(F)c(C(=O)CBr)cc1C#N. The first-order chi connectivity index (χ1) is 7.13. The van der Waals surface area contributed by atoms with Crippen molar-refractivity contribution in [3.63, 3.8) is 0 Å². The largest absolute Gasteiger partial charge is 0.495 e. The molecule has 0 aliphatic heterocycles. The number of Topliss-reactive ketones (excluding diaryl/α,β-unsaturated/α-hetero) is 1. The summed E-state index contributed by atoms with van der Waals surface area (Å²) in [6, 6.07) is 4.06. The third-order valence-electron chi connectivity index (χ3n) is 1.83. The fourth-order valence-electron chi connectivity index (χ4n) is 1.10. The summed E-state index contributed by atoms with van der Waals surface area (Å²) >= 11 is 2.94. The van der Waals surface area contributed by atoms with Gasteiger partial charge in [-0.1, -0.05) is 15.9 Å². The van der Waals surface area contributed by atoms with Crippen molar-refractivity contribution in [2.75, 3.05) is 12.4 Å². The predicted molar refractivity (Wildman–Crippen MR) is 55.8 cm³/mol. The van der Waals surface area contributed by atoms with Gasteiger partial charge in [0.2, 0.25) is 0 Å². The summed E-state index contributed by atoms with van der Waals surface area (Å²) in [4.78, 5) is 11.3. The van der Waals surface area contributed by atoms with Crippen molar-refractivity contribution in [2.24, 2.45) is 0 Å². The van der Waals surface area contributed by atoms with E-state index in [-0.39, 0.29) is 22.2 Å². The standard InChI is InChI=1S/C10H7BrFNO2/c1-15-10-3-8(12)7(9(14)4-11)2-6(10)5-13/h2-3H,4H2,1H3. The molecule has 5 heteroatoms. The minimum absolute atomic E-state index is 0.0150. The maximum atomic E-state index is 13.4. The van der Waals surface area contributed by atoms with Gasteiger partial charge in [0.15, 0.2) is 5.78 Å². The van der Waals surface area contributed by atoms with Gasteiger partial charge >= 0.3 is 0 Å². The Labute approximate surface area is 94.6 Å². The van der Waals surface area contributed by atoms with E-state index in [0.29, 0.717) is 0 Å². The second-order valence-electron chi connectivity index (χ2n) is 2.70. The maximum absolute atomic E-state index is 13.4. The van der Waals surface area contributed by atoms with E-state index >= 15 is 0 Å². The van der Waals surface area contributed by atoms with E-state index in [2.05, 4.69) is 15.9 Å². The molecule has 1 aromatic carbocycles. The molecule has 0 N–H and O–H groups in total. The van der Waals surface area contributed by atoms with Gasteiger partial charge in [0.1, 0.15) is 17.6 Å². The van der Waals surface area contributed by atoms with Crippen molar-refractivity contribution >= 4 is 21.7 Å². The summed E-state index contributed by atoms with van der Waals surface area (Å²) in [5, 5.41) is 8.76. The van der Waals surface area contributed by atoms with Crippen LogP contribution in [0.1, 0.15) is 15.9 Å². The average Bonchev–Trinajstić information content (AvgIpc) is 2.27. The molecule has 0 spiro atoms. The van der Waals surface area contributed by atoms with E-state index < -0.39 is 11.6 Å². The normalized spacial score (nSPS) is 9.47. The lowest BCUT2D eigenvalue weighted by molar-refractivity contribution is 0.102. The lowest BCUT2D eigenvalue weighted by atomic mass is 10.1. The molecule has 15 heavy (non-hydrogen) atoms. The molecule has 78 valence electrons. The second-order valence-corrected chi connectivity index (χ2v) is 3.26. The molecule has 0 aliphatic rings. The van der Waals surface area contributed by atoms with Crippen LogP contribution in [0.4, 0.5) is 4.39 Å². The number of carbonyl (C=O) groups excluding carboxylic acids is 1. The summed E-state index contributed by atoms with van der Waals surface area (Å²) in [5.41, 5.74) is 0.0347. The van der Waals surface area contributed by atoms with Gasteiger partial charge in [0, 0.05) is 6.07 Å². The van der Waals surface area contributed by atoms with Crippen LogP contribution in [-0.4, -0.2) is 18.2 Å². The van der Waals surface area contributed by atoms with E-state index in [1.165, 1.54) is 13.2 Å². The molecular weight excluding hydrogens is 265 g/mol. The molecule has 0 fully saturated rings. The minimum Gasteiger partial charge on any atom is -0.495 e. The first-order valence-corrected chi connectivity index (χ1v) is 5.13. The summed E-state index contributed by atoms with van der Waals surface area (Å²) < 4.78 is 18.2. The van der Waals surface area contributed by atoms with Gasteiger partial charge in [-0.2, -0.15) is 5.26 Å². The van der Waals surface area contributed by atoms with Crippen LogP contribution in [0.15, 0.2) is 12.1 Å². The number of ether oxygens (including phenoxy) is 1. The monoisotopic (exact) mass is 271 g/mol. The van der Waals surface area contributed by atoms with Gasteiger partial charge in [-0.05, 0) is 6.07 Å². The fourth-order valence-corrected chi connectivity index (χ4v) is 1.40. The maximum Gasteiger partial charge on any atom is 0.176 e. The number of methoxy groups -OCH3 is 1. The van der Waals surface area contributed by atoms with Crippen molar-refractivity contribution < 1.29 is 13.9 Å². The topological polar surface area (TPSA) is 50.1 Å². The molecule has 0 heterocycles. The Balaban J connectivity index is 3.33. The number of hydrogen-bond acceptors (Lipinski definition) is 3. The molecule has 0 aromatic heterocycles. The fraction of sp³-hybridized carbons (Fsp3) is 0.200. The molecule has 0 unspecified atom stereocenters. The molecule has 0 saturated carbocycles. The molecule has 3 nitrogen and oxygen atoms in total. The predicted octanol–water partition coefficient (Wildman–Crippen LogP) is 2.28. The van der Waals surface area contributed by atoms with Gasteiger partial charge in [0.25, 0.3) is 0 Å². The Morgan fingerprint density at radius 2 is 2.33 bits per heavy atom. The number of ketones is 1. The molecule has 0 amide bonds. The van der Waals surface area contributed by atoms with Gasteiger partial charge in [-0.3, -0.25) is 4.79 Å².